The Bertz CT molecular complexity index is 1080. The molecule has 0 saturated heterocycles. The molecule has 0 spiro atoms. The molecular formula is C22H21Cl2NO3. The van der Waals surface area contributed by atoms with Crippen LogP contribution >= 0.6 is 23.2 Å². The quantitative estimate of drug-likeness (QED) is 0.498. The fourth-order valence-electron chi connectivity index (χ4n) is 3.29. The Labute approximate surface area is 174 Å². The fourth-order valence-corrected chi connectivity index (χ4v) is 3.80. The molecule has 3 aromatic rings. The molecule has 0 unspecified atom stereocenters. The third-order valence-corrected chi connectivity index (χ3v) is 5.14. The van der Waals surface area contributed by atoms with E-state index in [1.165, 1.54) is 0 Å². The lowest BCUT2D eigenvalue weighted by atomic mass is 9.96. The molecule has 1 aromatic heterocycles. The third-order valence-electron chi connectivity index (χ3n) is 4.59. The molecule has 0 bridgehead atoms. The number of furan rings is 1. The number of aryl methyl sites for hydroxylation is 1. The molecule has 0 radical (unpaired) electrons. The van der Waals surface area contributed by atoms with E-state index in [2.05, 4.69) is 5.32 Å². The summed E-state index contributed by atoms with van der Waals surface area (Å²) in [5.74, 6) is 0.529. The summed E-state index contributed by atoms with van der Waals surface area (Å²) in [7, 11) is 1.61. The molecule has 4 nitrogen and oxygen atoms in total. The highest BCUT2D eigenvalue weighted by molar-refractivity contribution is 6.36. The van der Waals surface area contributed by atoms with E-state index in [1.54, 1.807) is 31.6 Å². The first-order chi connectivity index (χ1) is 13.4. The molecule has 1 amide bonds. The number of rotatable bonds is 5. The second-order valence-electron chi connectivity index (χ2n) is 6.45. The van der Waals surface area contributed by atoms with Gasteiger partial charge in [-0.1, -0.05) is 29.3 Å². The lowest BCUT2D eigenvalue weighted by molar-refractivity contribution is -0.116. The lowest BCUT2D eigenvalue weighted by Gasteiger charge is -2.13. The average Bonchev–Trinajstić information content (AvgIpc) is 3.05. The third kappa shape index (κ3) is 3.75. The number of hydrogen-bond donors (Lipinski definition) is 1. The SMILES string of the molecule is CCNC(=O)/C=C(\C)c1cc2c(-c3ccc(Cl)cc3Cl)coc2c(C)c1OC. The van der Waals surface area contributed by atoms with Crippen molar-refractivity contribution >= 4 is 45.7 Å². The second-order valence-corrected chi connectivity index (χ2v) is 7.30. The highest BCUT2D eigenvalue weighted by Gasteiger charge is 2.19. The standard InChI is InChI=1S/C22H21Cl2NO3/c1-5-25-20(26)8-12(2)16-10-17-18(15-7-6-14(23)9-19(15)24)11-28-22(17)13(3)21(16)27-4/h6-11H,5H2,1-4H3,(H,25,26)/b12-8+. The molecule has 28 heavy (non-hydrogen) atoms. The summed E-state index contributed by atoms with van der Waals surface area (Å²) in [5, 5.41) is 4.78. The van der Waals surface area contributed by atoms with Gasteiger partial charge < -0.3 is 14.5 Å². The summed E-state index contributed by atoms with van der Waals surface area (Å²) in [6, 6.07) is 7.33. The number of ether oxygens (including phenoxy) is 1. The van der Waals surface area contributed by atoms with Crippen LogP contribution in [0.5, 0.6) is 5.75 Å². The van der Waals surface area contributed by atoms with Gasteiger partial charge in [-0.25, -0.2) is 0 Å². The van der Waals surface area contributed by atoms with Crippen LogP contribution in [0.4, 0.5) is 0 Å². The molecule has 1 N–H and O–H groups in total. The van der Waals surface area contributed by atoms with Crippen LogP contribution in [0, 0.1) is 6.92 Å². The highest BCUT2D eigenvalue weighted by Crippen LogP contribution is 2.42. The van der Waals surface area contributed by atoms with Crippen molar-refractivity contribution in [2.24, 2.45) is 0 Å². The number of fused-ring (bicyclic) bond motifs is 1. The maximum Gasteiger partial charge on any atom is 0.244 e. The molecule has 146 valence electrons. The van der Waals surface area contributed by atoms with Gasteiger partial charge in [0.25, 0.3) is 0 Å². The van der Waals surface area contributed by atoms with Crippen molar-refractivity contribution in [3.05, 3.63) is 57.8 Å². The summed E-state index contributed by atoms with van der Waals surface area (Å²) in [6.45, 7) is 6.26. The monoisotopic (exact) mass is 417 g/mol. The topological polar surface area (TPSA) is 51.5 Å². The largest absolute Gasteiger partial charge is 0.496 e. The molecule has 0 aliphatic heterocycles. The molecule has 2 aromatic carbocycles. The summed E-state index contributed by atoms with van der Waals surface area (Å²) >= 11 is 12.4. The zero-order valence-electron chi connectivity index (χ0n) is 16.2. The number of nitrogens with one attached hydrogen (secondary N) is 1. The minimum absolute atomic E-state index is 0.145. The van der Waals surface area contributed by atoms with Crippen LogP contribution in [0.3, 0.4) is 0 Å². The first-order valence-corrected chi connectivity index (χ1v) is 9.63. The van der Waals surface area contributed by atoms with Crippen LogP contribution in [0.25, 0.3) is 27.7 Å². The minimum atomic E-state index is -0.145. The molecule has 0 atom stereocenters. The first-order valence-electron chi connectivity index (χ1n) is 8.88. The molecule has 0 aliphatic rings. The highest BCUT2D eigenvalue weighted by atomic mass is 35.5. The van der Waals surface area contributed by atoms with E-state index in [1.807, 2.05) is 32.9 Å². The number of methoxy groups -OCH3 is 1. The number of carbonyl (C=O) groups excluding carboxylic acids is 1. The normalized spacial score (nSPS) is 11.7. The van der Waals surface area contributed by atoms with Gasteiger partial charge in [0.15, 0.2) is 0 Å². The first kappa shape index (κ1) is 20.3. The van der Waals surface area contributed by atoms with Gasteiger partial charge in [-0.15, -0.1) is 0 Å². The smallest absolute Gasteiger partial charge is 0.244 e. The number of likely N-dealkylation sites (N-methyl/N-ethyl adjacent to an activating group) is 1. The predicted octanol–water partition coefficient (Wildman–Crippen LogP) is 6.26. The van der Waals surface area contributed by atoms with E-state index in [-0.39, 0.29) is 5.91 Å². The van der Waals surface area contributed by atoms with E-state index < -0.39 is 0 Å². The number of benzene rings is 2. The molecular weight excluding hydrogens is 397 g/mol. The molecule has 3 rings (SSSR count). The maximum atomic E-state index is 12.0. The predicted molar refractivity (Wildman–Crippen MR) is 115 cm³/mol. The van der Waals surface area contributed by atoms with Crippen LogP contribution in [-0.2, 0) is 4.79 Å². The zero-order chi connectivity index (χ0) is 20.4. The van der Waals surface area contributed by atoms with Gasteiger partial charge in [-0.3, -0.25) is 4.79 Å². The number of amides is 1. The van der Waals surface area contributed by atoms with Crippen molar-refractivity contribution in [1.29, 1.82) is 0 Å². The van der Waals surface area contributed by atoms with Gasteiger partial charge in [-0.05, 0) is 44.5 Å². The fraction of sp³-hybridized carbons (Fsp3) is 0.227. The molecule has 0 saturated carbocycles. The molecule has 6 heteroatoms. The lowest BCUT2D eigenvalue weighted by Crippen LogP contribution is -2.20. The average molecular weight is 418 g/mol. The van der Waals surface area contributed by atoms with Gasteiger partial charge in [0.1, 0.15) is 11.3 Å². The van der Waals surface area contributed by atoms with Crippen LogP contribution in [0.1, 0.15) is 25.0 Å². The van der Waals surface area contributed by atoms with E-state index in [0.717, 1.165) is 33.2 Å². The summed E-state index contributed by atoms with van der Waals surface area (Å²) in [4.78, 5) is 12.0. The molecule has 1 heterocycles. The second kappa shape index (κ2) is 8.29. The van der Waals surface area contributed by atoms with Crippen LogP contribution in [0.15, 0.2) is 41.0 Å². The summed E-state index contributed by atoms with van der Waals surface area (Å²) in [6.07, 6.45) is 3.25. The molecule has 0 fully saturated rings. The molecule has 0 aliphatic carbocycles. The van der Waals surface area contributed by atoms with Gasteiger partial charge >= 0.3 is 0 Å². The Hall–Kier alpha value is -2.43. The number of allylic oxidation sites excluding steroid dienone is 1. The Balaban J connectivity index is 2.24. The Morgan fingerprint density at radius 1 is 1.25 bits per heavy atom. The van der Waals surface area contributed by atoms with E-state index >= 15 is 0 Å². The van der Waals surface area contributed by atoms with Gasteiger partial charge in [-0.2, -0.15) is 0 Å². The Morgan fingerprint density at radius 3 is 2.64 bits per heavy atom. The van der Waals surface area contributed by atoms with Gasteiger partial charge in [0.05, 0.1) is 18.4 Å². The van der Waals surface area contributed by atoms with E-state index in [4.69, 9.17) is 32.4 Å². The Kier molecular flexibility index (Phi) is 6.01. The summed E-state index contributed by atoms with van der Waals surface area (Å²) in [5.41, 5.74) is 4.87. The maximum absolute atomic E-state index is 12.0. The zero-order valence-corrected chi connectivity index (χ0v) is 17.7. The van der Waals surface area contributed by atoms with Crippen molar-refractivity contribution in [1.82, 2.24) is 5.32 Å². The van der Waals surface area contributed by atoms with Gasteiger partial charge in [0, 0.05) is 45.3 Å². The van der Waals surface area contributed by atoms with E-state index in [0.29, 0.717) is 27.9 Å². The number of carbonyl (C=O) groups is 1. The Morgan fingerprint density at radius 2 is 2.00 bits per heavy atom. The minimum Gasteiger partial charge on any atom is -0.496 e. The van der Waals surface area contributed by atoms with Crippen LogP contribution in [0.2, 0.25) is 10.0 Å². The number of hydrogen-bond acceptors (Lipinski definition) is 3. The number of halogens is 2. The van der Waals surface area contributed by atoms with Crippen molar-refractivity contribution in [2.75, 3.05) is 13.7 Å². The van der Waals surface area contributed by atoms with E-state index in [9.17, 15) is 4.79 Å². The van der Waals surface area contributed by atoms with Crippen LogP contribution < -0.4 is 10.1 Å². The van der Waals surface area contributed by atoms with Gasteiger partial charge in [0.2, 0.25) is 5.91 Å². The van der Waals surface area contributed by atoms with Crippen LogP contribution in [-0.4, -0.2) is 19.6 Å². The van der Waals surface area contributed by atoms with Crippen molar-refractivity contribution in [3.63, 3.8) is 0 Å². The van der Waals surface area contributed by atoms with Crippen molar-refractivity contribution in [3.8, 4) is 16.9 Å². The van der Waals surface area contributed by atoms with Crippen molar-refractivity contribution < 1.29 is 13.9 Å². The summed E-state index contributed by atoms with van der Waals surface area (Å²) < 4.78 is 11.5. The van der Waals surface area contributed by atoms with Crippen molar-refractivity contribution in [2.45, 2.75) is 20.8 Å².